The standard InChI is InChI=1S/C11H15N3OS/c12-10-6-13-3-1-9(10)11(15)14-5-8-2-4-16-7-8/h1,3,6,8H,2,4-5,7,12H2,(H,14,15). The van der Waals surface area contributed by atoms with Crippen molar-refractivity contribution in [3.63, 3.8) is 0 Å². The number of hydrogen-bond acceptors (Lipinski definition) is 4. The van der Waals surface area contributed by atoms with Crippen molar-refractivity contribution in [2.75, 3.05) is 23.8 Å². The van der Waals surface area contributed by atoms with Gasteiger partial charge in [-0.25, -0.2) is 0 Å². The number of hydrogen-bond donors (Lipinski definition) is 2. The third kappa shape index (κ3) is 2.66. The molecule has 1 amide bonds. The highest BCUT2D eigenvalue weighted by Crippen LogP contribution is 2.22. The Hall–Kier alpha value is -1.23. The van der Waals surface area contributed by atoms with Gasteiger partial charge in [0.05, 0.1) is 17.4 Å². The Labute approximate surface area is 99.0 Å². The van der Waals surface area contributed by atoms with Crippen molar-refractivity contribution in [2.45, 2.75) is 6.42 Å². The van der Waals surface area contributed by atoms with Crippen molar-refractivity contribution < 1.29 is 4.79 Å². The Morgan fingerprint density at radius 2 is 2.56 bits per heavy atom. The van der Waals surface area contributed by atoms with Crippen molar-refractivity contribution in [3.05, 3.63) is 24.0 Å². The van der Waals surface area contributed by atoms with Gasteiger partial charge >= 0.3 is 0 Å². The largest absolute Gasteiger partial charge is 0.397 e. The number of anilines is 1. The Kier molecular flexibility index (Phi) is 3.66. The van der Waals surface area contributed by atoms with Crippen molar-refractivity contribution in [1.82, 2.24) is 10.3 Å². The second-order valence-electron chi connectivity index (χ2n) is 3.90. The highest BCUT2D eigenvalue weighted by Gasteiger charge is 2.17. The number of nitrogens with two attached hydrogens (primary N) is 1. The van der Waals surface area contributed by atoms with Gasteiger partial charge < -0.3 is 11.1 Å². The quantitative estimate of drug-likeness (QED) is 0.827. The van der Waals surface area contributed by atoms with E-state index in [0.29, 0.717) is 17.2 Å². The number of nitrogens with one attached hydrogen (secondary N) is 1. The highest BCUT2D eigenvalue weighted by molar-refractivity contribution is 7.99. The maximum Gasteiger partial charge on any atom is 0.253 e. The summed E-state index contributed by atoms with van der Waals surface area (Å²) in [6.45, 7) is 0.744. The van der Waals surface area contributed by atoms with Crippen LogP contribution >= 0.6 is 11.8 Å². The Balaban J connectivity index is 1.90. The summed E-state index contributed by atoms with van der Waals surface area (Å²) in [7, 11) is 0. The number of nitrogens with zero attached hydrogens (tertiary/aromatic N) is 1. The van der Waals surface area contributed by atoms with E-state index in [1.54, 1.807) is 12.3 Å². The molecule has 0 aromatic carbocycles. The van der Waals surface area contributed by atoms with Gasteiger partial charge in [-0.05, 0) is 29.9 Å². The van der Waals surface area contributed by atoms with Crippen molar-refractivity contribution in [2.24, 2.45) is 5.92 Å². The molecule has 16 heavy (non-hydrogen) atoms. The smallest absolute Gasteiger partial charge is 0.253 e. The number of rotatable bonds is 3. The molecule has 1 atom stereocenters. The van der Waals surface area contributed by atoms with Crippen LogP contribution in [0.2, 0.25) is 0 Å². The van der Waals surface area contributed by atoms with E-state index in [1.165, 1.54) is 18.4 Å². The summed E-state index contributed by atoms with van der Waals surface area (Å²) in [5.41, 5.74) is 6.62. The van der Waals surface area contributed by atoms with Crippen molar-refractivity contribution >= 4 is 23.4 Å². The van der Waals surface area contributed by atoms with Gasteiger partial charge in [0, 0.05) is 12.7 Å². The van der Waals surface area contributed by atoms with Crippen LogP contribution in [0, 0.1) is 5.92 Å². The normalized spacial score (nSPS) is 19.6. The molecule has 1 aliphatic heterocycles. The van der Waals surface area contributed by atoms with Gasteiger partial charge in [0.15, 0.2) is 0 Å². The minimum atomic E-state index is -0.100. The molecular formula is C11H15N3OS. The lowest BCUT2D eigenvalue weighted by atomic mass is 10.1. The van der Waals surface area contributed by atoms with Gasteiger partial charge in [0.1, 0.15) is 0 Å². The molecule has 0 spiro atoms. The molecule has 1 aliphatic rings. The average molecular weight is 237 g/mol. The molecule has 0 bridgehead atoms. The summed E-state index contributed by atoms with van der Waals surface area (Å²) in [6.07, 6.45) is 4.27. The summed E-state index contributed by atoms with van der Waals surface area (Å²) in [4.78, 5) is 15.7. The second-order valence-corrected chi connectivity index (χ2v) is 5.05. The predicted octanol–water partition coefficient (Wildman–Crippen LogP) is 1.15. The molecule has 1 aromatic rings. The second kappa shape index (κ2) is 5.21. The Morgan fingerprint density at radius 1 is 1.69 bits per heavy atom. The molecule has 3 N–H and O–H groups in total. The Morgan fingerprint density at radius 3 is 3.25 bits per heavy atom. The van der Waals surface area contributed by atoms with Crippen LogP contribution in [0.25, 0.3) is 0 Å². The molecule has 2 heterocycles. The molecule has 0 aliphatic carbocycles. The minimum Gasteiger partial charge on any atom is -0.397 e. The molecule has 0 radical (unpaired) electrons. The van der Waals surface area contributed by atoms with Gasteiger partial charge in [0.25, 0.3) is 5.91 Å². The Bertz CT molecular complexity index is 377. The number of thioether (sulfide) groups is 1. The molecule has 2 rings (SSSR count). The first kappa shape index (κ1) is 11.3. The summed E-state index contributed by atoms with van der Waals surface area (Å²) >= 11 is 1.95. The molecule has 1 unspecified atom stereocenters. The number of carbonyl (C=O) groups is 1. The monoisotopic (exact) mass is 237 g/mol. The van der Waals surface area contributed by atoms with Gasteiger partial charge in [0.2, 0.25) is 0 Å². The van der Waals surface area contributed by atoms with Gasteiger partial charge in [-0.2, -0.15) is 11.8 Å². The maximum atomic E-state index is 11.8. The first-order valence-electron chi connectivity index (χ1n) is 5.33. The van der Waals surface area contributed by atoms with E-state index in [9.17, 15) is 4.79 Å². The molecule has 0 saturated carbocycles. The van der Waals surface area contributed by atoms with E-state index >= 15 is 0 Å². The summed E-state index contributed by atoms with van der Waals surface area (Å²) in [5, 5.41) is 2.92. The number of carbonyl (C=O) groups excluding carboxylic acids is 1. The summed E-state index contributed by atoms with van der Waals surface area (Å²) in [6, 6.07) is 1.65. The topological polar surface area (TPSA) is 68.0 Å². The van der Waals surface area contributed by atoms with E-state index in [4.69, 9.17) is 5.73 Å². The van der Waals surface area contributed by atoms with Crippen LogP contribution in [0.4, 0.5) is 5.69 Å². The van der Waals surface area contributed by atoms with Crippen LogP contribution in [-0.4, -0.2) is 28.9 Å². The zero-order valence-electron chi connectivity index (χ0n) is 8.98. The van der Waals surface area contributed by atoms with E-state index in [-0.39, 0.29) is 5.91 Å². The fourth-order valence-corrected chi connectivity index (χ4v) is 2.97. The van der Waals surface area contributed by atoms with E-state index in [0.717, 1.165) is 12.3 Å². The lowest BCUT2D eigenvalue weighted by molar-refractivity contribution is 0.0949. The number of nitrogen functional groups attached to an aromatic ring is 1. The predicted molar refractivity (Wildman–Crippen MR) is 66.4 cm³/mol. The fraction of sp³-hybridized carbons (Fsp3) is 0.455. The van der Waals surface area contributed by atoms with E-state index in [1.807, 2.05) is 11.8 Å². The summed E-state index contributed by atoms with van der Waals surface area (Å²) < 4.78 is 0. The summed E-state index contributed by atoms with van der Waals surface area (Å²) in [5.74, 6) is 2.86. The molecule has 5 heteroatoms. The lowest BCUT2D eigenvalue weighted by Gasteiger charge is -2.10. The molecule has 1 fully saturated rings. The molecule has 86 valence electrons. The fourth-order valence-electron chi connectivity index (χ4n) is 1.69. The van der Waals surface area contributed by atoms with Gasteiger partial charge in [-0.1, -0.05) is 0 Å². The minimum absolute atomic E-state index is 0.100. The first-order chi connectivity index (χ1) is 7.77. The number of pyridine rings is 1. The van der Waals surface area contributed by atoms with Crippen LogP contribution in [0.5, 0.6) is 0 Å². The third-order valence-electron chi connectivity index (χ3n) is 2.67. The van der Waals surface area contributed by atoms with Crippen molar-refractivity contribution in [3.8, 4) is 0 Å². The van der Waals surface area contributed by atoms with E-state index < -0.39 is 0 Å². The van der Waals surface area contributed by atoms with Crippen molar-refractivity contribution in [1.29, 1.82) is 0 Å². The molecule has 1 saturated heterocycles. The van der Waals surface area contributed by atoms with Crippen LogP contribution in [0.1, 0.15) is 16.8 Å². The highest BCUT2D eigenvalue weighted by atomic mass is 32.2. The molecular weight excluding hydrogens is 222 g/mol. The molecule has 1 aromatic heterocycles. The lowest BCUT2D eigenvalue weighted by Crippen LogP contribution is -2.29. The third-order valence-corrected chi connectivity index (χ3v) is 3.90. The zero-order valence-corrected chi connectivity index (χ0v) is 9.80. The average Bonchev–Trinajstić information content (AvgIpc) is 2.79. The van der Waals surface area contributed by atoms with Gasteiger partial charge in [-0.3, -0.25) is 9.78 Å². The van der Waals surface area contributed by atoms with E-state index in [2.05, 4.69) is 10.3 Å². The van der Waals surface area contributed by atoms with Gasteiger partial charge in [-0.15, -0.1) is 0 Å². The van der Waals surface area contributed by atoms with Crippen LogP contribution in [-0.2, 0) is 0 Å². The van der Waals surface area contributed by atoms with Crippen LogP contribution in [0.3, 0.4) is 0 Å². The zero-order chi connectivity index (χ0) is 11.4. The first-order valence-corrected chi connectivity index (χ1v) is 6.48. The molecule has 4 nitrogen and oxygen atoms in total. The van der Waals surface area contributed by atoms with Crippen LogP contribution in [0.15, 0.2) is 18.5 Å². The number of amides is 1. The number of aromatic nitrogens is 1. The SMILES string of the molecule is Nc1cnccc1C(=O)NCC1CCSC1. The maximum absolute atomic E-state index is 11.8. The van der Waals surface area contributed by atoms with Crippen LogP contribution < -0.4 is 11.1 Å².